The monoisotopic (exact) mass is 246 g/mol. The van der Waals surface area contributed by atoms with Crippen LogP contribution in [-0.2, 0) is 16.0 Å². The minimum absolute atomic E-state index is 0.0301. The summed E-state index contributed by atoms with van der Waals surface area (Å²) >= 11 is 0. The molecule has 1 aliphatic rings. The predicted octanol–water partition coefficient (Wildman–Crippen LogP) is 1.49. The summed E-state index contributed by atoms with van der Waals surface area (Å²) in [5.74, 6) is 0.217. The number of likely N-dealkylation sites (N-methyl/N-ethyl adjacent to an activating group) is 1. The van der Waals surface area contributed by atoms with Gasteiger partial charge in [-0.15, -0.1) is 0 Å². The van der Waals surface area contributed by atoms with Crippen LogP contribution < -0.4 is 10.2 Å². The van der Waals surface area contributed by atoms with Crippen molar-refractivity contribution >= 4 is 17.5 Å². The molecule has 1 saturated heterocycles. The van der Waals surface area contributed by atoms with Crippen molar-refractivity contribution in [2.45, 2.75) is 26.2 Å². The van der Waals surface area contributed by atoms with Gasteiger partial charge in [-0.3, -0.25) is 9.59 Å². The van der Waals surface area contributed by atoms with E-state index >= 15 is 0 Å². The molecule has 0 unspecified atom stereocenters. The van der Waals surface area contributed by atoms with Crippen LogP contribution in [0.2, 0.25) is 0 Å². The van der Waals surface area contributed by atoms with Crippen molar-refractivity contribution in [1.82, 2.24) is 5.32 Å². The number of nitrogens with zero attached hydrogens (tertiary/aromatic N) is 1. The number of hydrogen-bond acceptors (Lipinski definition) is 2. The van der Waals surface area contributed by atoms with Crippen LogP contribution in [0.1, 0.15) is 25.3 Å². The highest BCUT2D eigenvalue weighted by Gasteiger charge is 2.21. The summed E-state index contributed by atoms with van der Waals surface area (Å²) in [5, 5.41) is 2.77. The van der Waals surface area contributed by atoms with Crippen LogP contribution in [0.3, 0.4) is 0 Å². The van der Waals surface area contributed by atoms with Gasteiger partial charge in [0.1, 0.15) is 0 Å². The van der Waals surface area contributed by atoms with E-state index in [4.69, 9.17) is 0 Å². The lowest BCUT2D eigenvalue weighted by Gasteiger charge is -2.15. The summed E-state index contributed by atoms with van der Waals surface area (Å²) in [7, 11) is 0. The first kappa shape index (κ1) is 12.6. The molecule has 0 aliphatic carbocycles. The highest BCUT2D eigenvalue weighted by Crippen LogP contribution is 2.21. The van der Waals surface area contributed by atoms with Gasteiger partial charge in [-0.05, 0) is 31.0 Å². The summed E-state index contributed by atoms with van der Waals surface area (Å²) in [4.78, 5) is 24.8. The number of amides is 2. The first-order valence-electron chi connectivity index (χ1n) is 6.36. The van der Waals surface area contributed by atoms with Crippen LogP contribution >= 0.6 is 0 Å². The van der Waals surface area contributed by atoms with E-state index in [9.17, 15) is 9.59 Å². The predicted molar refractivity (Wildman–Crippen MR) is 70.4 cm³/mol. The fraction of sp³-hybridized carbons (Fsp3) is 0.429. The second kappa shape index (κ2) is 5.67. The summed E-state index contributed by atoms with van der Waals surface area (Å²) in [6.45, 7) is 3.35. The smallest absolute Gasteiger partial charge is 0.227 e. The molecule has 0 atom stereocenters. The lowest BCUT2D eigenvalue weighted by atomic mass is 10.1. The number of hydrogen-bond donors (Lipinski definition) is 1. The van der Waals surface area contributed by atoms with Crippen molar-refractivity contribution in [1.29, 1.82) is 0 Å². The van der Waals surface area contributed by atoms with Crippen LogP contribution in [0.4, 0.5) is 5.69 Å². The van der Waals surface area contributed by atoms with Gasteiger partial charge >= 0.3 is 0 Å². The number of carbonyl (C=O) groups is 2. The van der Waals surface area contributed by atoms with E-state index in [2.05, 4.69) is 5.32 Å². The number of anilines is 1. The van der Waals surface area contributed by atoms with Gasteiger partial charge in [-0.2, -0.15) is 0 Å². The molecular weight excluding hydrogens is 228 g/mol. The zero-order chi connectivity index (χ0) is 13.0. The van der Waals surface area contributed by atoms with Crippen LogP contribution in [0.25, 0.3) is 0 Å². The summed E-state index contributed by atoms with van der Waals surface area (Å²) in [6, 6.07) is 7.65. The van der Waals surface area contributed by atoms with E-state index in [-0.39, 0.29) is 11.8 Å². The van der Waals surface area contributed by atoms with Crippen LogP contribution in [-0.4, -0.2) is 24.9 Å². The number of carbonyl (C=O) groups excluding carboxylic acids is 2. The van der Waals surface area contributed by atoms with Gasteiger partial charge in [0, 0.05) is 25.2 Å². The molecule has 1 heterocycles. The molecule has 1 fully saturated rings. The third-order valence-electron chi connectivity index (χ3n) is 3.06. The SMILES string of the molecule is CCNC(=O)Cc1ccc(N2CCCC2=O)cc1. The van der Waals surface area contributed by atoms with E-state index in [0.717, 1.165) is 24.2 Å². The Balaban J connectivity index is 2.01. The quantitative estimate of drug-likeness (QED) is 0.875. The van der Waals surface area contributed by atoms with Crippen LogP contribution in [0.15, 0.2) is 24.3 Å². The molecule has 0 spiro atoms. The Morgan fingerprint density at radius 1 is 1.33 bits per heavy atom. The van der Waals surface area contributed by atoms with Gasteiger partial charge in [0.05, 0.1) is 6.42 Å². The van der Waals surface area contributed by atoms with Crippen LogP contribution in [0, 0.1) is 0 Å². The summed E-state index contributed by atoms with van der Waals surface area (Å²) < 4.78 is 0. The van der Waals surface area contributed by atoms with Crippen molar-refractivity contribution in [2.24, 2.45) is 0 Å². The van der Waals surface area contributed by atoms with Crippen molar-refractivity contribution in [3.05, 3.63) is 29.8 Å². The van der Waals surface area contributed by atoms with Gasteiger partial charge in [0.25, 0.3) is 0 Å². The van der Waals surface area contributed by atoms with E-state index in [0.29, 0.717) is 19.4 Å². The van der Waals surface area contributed by atoms with E-state index in [1.54, 1.807) is 4.90 Å². The molecular formula is C14H18N2O2. The molecule has 1 N–H and O–H groups in total. The maximum absolute atomic E-state index is 11.6. The van der Waals surface area contributed by atoms with E-state index < -0.39 is 0 Å². The average molecular weight is 246 g/mol. The molecule has 96 valence electrons. The van der Waals surface area contributed by atoms with Crippen LogP contribution in [0.5, 0.6) is 0 Å². The lowest BCUT2D eigenvalue weighted by molar-refractivity contribution is -0.120. The Bertz CT molecular complexity index is 440. The minimum atomic E-state index is 0.0301. The molecule has 0 radical (unpaired) electrons. The minimum Gasteiger partial charge on any atom is -0.356 e. The molecule has 0 saturated carbocycles. The topological polar surface area (TPSA) is 49.4 Å². The summed E-state index contributed by atoms with van der Waals surface area (Å²) in [6.07, 6.45) is 1.96. The normalized spacial score (nSPS) is 14.9. The molecule has 0 aromatic heterocycles. The molecule has 1 aliphatic heterocycles. The Labute approximate surface area is 107 Å². The van der Waals surface area contributed by atoms with Gasteiger partial charge in [0.15, 0.2) is 0 Å². The Kier molecular flexibility index (Phi) is 3.97. The van der Waals surface area contributed by atoms with E-state index in [1.807, 2.05) is 31.2 Å². The first-order chi connectivity index (χ1) is 8.70. The second-order valence-electron chi connectivity index (χ2n) is 4.45. The number of rotatable bonds is 4. The second-order valence-corrected chi connectivity index (χ2v) is 4.45. The molecule has 4 heteroatoms. The summed E-state index contributed by atoms with van der Waals surface area (Å²) in [5.41, 5.74) is 1.90. The fourth-order valence-corrected chi connectivity index (χ4v) is 2.16. The van der Waals surface area contributed by atoms with Gasteiger partial charge in [0.2, 0.25) is 11.8 Å². The number of benzene rings is 1. The molecule has 2 rings (SSSR count). The van der Waals surface area contributed by atoms with Crippen molar-refractivity contribution < 1.29 is 9.59 Å². The van der Waals surface area contributed by atoms with Gasteiger partial charge < -0.3 is 10.2 Å². The van der Waals surface area contributed by atoms with Crippen molar-refractivity contribution in [3.63, 3.8) is 0 Å². The Morgan fingerprint density at radius 3 is 2.61 bits per heavy atom. The zero-order valence-corrected chi connectivity index (χ0v) is 10.6. The maximum Gasteiger partial charge on any atom is 0.227 e. The van der Waals surface area contributed by atoms with Gasteiger partial charge in [-0.1, -0.05) is 12.1 Å². The maximum atomic E-state index is 11.6. The van der Waals surface area contributed by atoms with Crippen molar-refractivity contribution in [2.75, 3.05) is 18.0 Å². The average Bonchev–Trinajstić information content (AvgIpc) is 2.77. The Morgan fingerprint density at radius 2 is 2.06 bits per heavy atom. The zero-order valence-electron chi connectivity index (χ0n) is 10.6. The largest absolute Gasteiger partial charge is 0.356 e. The molecule has 2 amide bonds. The third-order valence-corrected chi connectivity index (χ3v) is 3.06. The number of nitrogens with one attached hydrogen (secondary N) is 1. The molecule has 1 aromatic rings. The highest BCUT2D eigenvalue weighted by atomic mass is 16.2. The fourth-order valence-electron chi connectivity index (χ4n) is 2.16. The van der Waals surface area contributed by atoms with E-state index in [1.165, 1.54) is 0 Å². The molecule has 18 heavy (non-hydrogen) atoms. The van der Waals surface area contributed by atoms with Gasteiger partial charge in [-0.25, -0.2) is 0 Å². The van der Waals surface area contributed by atoms with Crippen molar-refractivity contribution in [3.8, 4) is 0 Å². The molecule has 0 bridgehead atoms. The molecule has 4 nitrogen and oxygen atoms in total. The lowest BCUT2D eigenvalue weighted by Crippen LogP contribution is -2.25. The first-order valence-corrected chi connectivity index (χ1v) is 6.36. The molecule has 1 aromatic carbocycles. The third kappa shape index (κ3) is 2.88. The standard InChI is InChI=1S/C14H18N2O2/c1-2-15-13(17)10-11-5-7-12(8-6-11)16-9-3-4-14(16)18/h5-8H,2-4,9-10H2,1H3,(H,15,17). The highest BCUT2D eigenvalue weighted by molar-refractivity contribution is 5.95. The Hall–Kier alpha value is -1.84.